The monoisotopic (exact) mass is 484 g/mol. The molecular formula is C25H20N6OS2. The summed E-state index contributed by atoms with van der Waals surface area (Å²) in [5.74, 6) is 0.510. The zero-order valence-electron chi connectivity index (χ0n) is 18.8. The van der Waals surface area contributed by atoms with Crippen LogP contribution in [0.5, 0.6) is 0 Å². The normalized spacial score (nSPS) is 11.7. The van der Waals surface area contributed by atoms with E-state index in [0.717, 1.165) is 26.3 Å². The molecule has 0 N–H and O–H groups in total. The van der Waals surface area contributed by atoms with Crippen LogP contribution in [0.25, 0.3) is 26.9 Å². The number of aryl methyl sites for hydroxylation is 3. The van der Waals surface area contributed by atoms with Crippen molar-refractivity contribution in [1.29, 1.82) is 0 Å². The molecule has 9 heteroatoms. The fraction of sp³-hybridized carbons (Fsp3) is 0.160. The standard InChI is InChI=1S/C25H20N6OS2/c1-14-8-10-17(11-9-14)12-30-23(32)18-6-4-5-7-19(18)31-24(30)28-29-25(31)34-22-20-15(2)16(3)33-21(20)26-13-27-22/h4-11,13H,12H2,1-3H3. The van der Waals surface area contributed by atoms with Gasteiger partial charge in [-0.15, -0.1) is 21.5 Å². The Morgan fingerprint density at radius 1 is 0.971 bits per heavy atom. The smallest absolute Gasteiger partial charge is 0.263 e. The number of rotatable bonds is 4. The lowest BCUT2D eigenvalue weighted by molar-refractivity contribution is 0.763. The molecule has 0 unspecified atom stereocenters. The Balaban J connectivity index is 1.57. The van der Waals surface area contributed by atoms with E-state index in [9.17, 15) is 4.79 Å². The first-order valence-electron chi connectivity index (χ1n) is 10.8. The van der Waals surface area contributed by atoms with E-state index in [-0.39, 0.29) is 5.56 Å². The number of nitrogens with zero attached hydrogens (tertiary/aromatic N) is 6. The maximum absolute atomic E-state index is 13.5. The van der Waals surface area contributed by atoms with Crippen molar-refractivity contribution in [2.24, 2.45) is 0 Å². The zero-order chi connectivity index (χ0) is 23.4. The zero-order valence-corrected chi connectivity index (χ0v) is 20.4. The Morgan fingerprint density at radius 2 is 1.76 bits per heavy atom. The van der Waals surface area contributed by atoms with Gasteiger partial charge in [0.1, 0.15) is 16.2 Å². The Kier molecular flexibility index (Phi) is 4.96. The number of fused-ring (bicyclic) bond motifs is 4. The minimum atomic E-state index is -0.0821. The van der Waals surface area contributed by atoms with E-state index >= 15 is 0 Å². The van der Waals surface area contributed by atoms with Crippen molar-refractivity contribution in [3.63, 3.8) is 0 Å². The predicted molar refractivity (Wildman–Crippen MR) is 136 cm³/mol. The lowest BCUT2D eigenvalue weighted by Crippen LogP contribution is -2.24. The van der Waals surface area contributed by atoms with Crippen LogP contribution in [-0.4, -0.2) is 29.1 Å². The molecule has 34 heavy (non-hydrogen) atoms. The van der Waals surface area contributed by atoms with Crippen LogP contribution in [0.1, 0.15) is 21.6 Å². The summed E-state index contributed by atoms with van der Waals surface area (Å²) in [5.41, 5.74) is 4.08. The van der Waals surface area contributed by atoms with Gasteiger partial charge in [-0.3, -0.25) is 13.8 Å². The van der Waals surface area contributed by atoms with E-state index in [1.807, 2.05) is 47.7 Å². The van der Waals surface area contributed by atoms with Crippen molar-refractivity contribution in [3.8, 4) is 0 Å². The maximum atomic E-state index is 13.5. The van der Waals surface area contributed by atoms with Gasteiger partial charge in [0.2, 0.25) is 10.9 Å². The van der Waals surface area contributed by atoms with E-state index in [2.05, 4.69) is 46.1 Å². The van der Waals surface area contributed by atoms with Gasteiger partial charge in [0.05, 0.1) is 17.4 Å². The summed E-state index contributed by atoms with van der Waals surface area (Å²) in [5, 5.41) is 12.1. The summed E-state index contributed by atoms with van der Waals surface area (Å²) < 4.78 is 3.65. The molecule has 0 bridgehead atoms. The highest BCUT2D eigenvalue weighted by atomic mass is 32.2. The molecule has 0 spiro atoms. The van der Waals surface area contributed by atoms with Crippen molar-refractivity contribution in [2.75, 3.05) is 0 Å². The Hall–Kier alpha value is -3.56. The first-order chi connectivity index (χ1) is 16.5. The molecule has 0 aliphatic heterocycles. The largest absolute Gasteiger partial charge is 0.272 e. The highest BCUT2D eigenvalue weighted by Crippen LogP contribution is 2.37. The molecule has 4 heterocycles. The Bertz CT molecular complexity index is 1760. The number of aromatic nitrogens is 6. The minimum Gasteiger partial charge on any atom is -0.272 e. The molecule has 6 aromatic rings. The third-order valence-corrected chi connectivity index (χ3v) is 8.12. The number of para-hydroxylation sites is 1. The Morgan fingerprint density at radius 3 is 2.59 bits per heavy atom. The fourth-order valence-corrected chi connectivity index (χ4v) is 6.17. The maximum Gasteiger partial charge on any atom is 0.263 e. The van der Waals surface area contributed by atoms with Crippen LogP contribution >= 0.6 is 23.1 Å². The molecule has 0 fully saturated rings. The summed E-state index contributed by atoms with van der Waals surface area (Å²) in [6, 6.07) is 15.8. The molecule has 6 rings (SSSR count). The van der Waals surface area contributed by atoms with E-state index in [0.29, 0.717) is 22.9 Å². The van der Waals surface area contributed by atoms with Crippen LogP contribution in [0.2, 0.25) is 0 Å². The molecular weight excluding hydrogens is 464 g/mol. The third kappa shape index (κ3) is 3.31. The molecule has 0 aliphatic carbocycles. The van der Waals surface area contributed by atoms with E-state index < -0.39 is 0 Å². The average molecular weight is 485 g/mol. The van der Waals surface area contributed by atoms with Gasteiger partial charge in [-0.25, -0.2) is 9.97 Å². The number of hydrogen-bond acceptors (Lipinski definition) is 7. The quantitative estimate of drug-likeness (QED) is 0.321. The van der Waals surface area contributed by atoms with E-state index in [1.54, 1.807) is 22.2 Å². The fourth-order valence-electron chi connectivity index (χ4n) is 4.13. The van der Waals surface area contributed by atoms with E-state index in [1.165, 1.54) is 27.8 Å². The molecule has 2 aromatic carbocycles. The second-order valence-electron chi connectivity index (χ2n) is 8.26. The second-order valence-corrected chi connectivity index (χ2v) is 10.4. The topological polar surface area (TPSA) is 78.0 Å². The van der Waals surface area contributed by atoms with Gasteiger partial charge in [0.15, 0.2) is 0 Å². The van der Waals surface area contributed by atoms with Crippen LogP contribution in [0.15, 0.2) is 69.8 Å². The molecule has 7 nitrogen and oxygen atoms in total. The summed E-state index contributed by atoms with van der Waals surface area (Å²) >= 11 is 3.11. The van der Waals surface area contributed by atoms with Crippen LogP contribution in [0.3, 0.4) is 0 Å². The van der Waals surface area contributed by atoms with Gasteiger partial charge in [-0.1, -0.05) is 42.0 Å². The van der Waals surface area contributed by atoms with Gasteiger partial charge < -0.3 is 0 Å². The van der Waals surface area contributed by atoms with Gasteiger partial charge in [-0.05, 0) is 55.8 Å². The number of hydrogen-bond donors (Lipinski definition) is 0. The van der Waals surface area contributed by atoms with Crippen molar-refractivity contribution >= 4 is 50.0 Å². The predicted octanol–water partition coefficient (Wildman–Crippen LogP) is 5.17. The van der Waals surface area contributed by atoms with Gasteiger partial charge >= 0.3 is 0 Å². The molecule has 4 aromatic heterocycles. The molecule has 0 aliphatic rings. The summed E-state index contributed by atoms with van der Waals surface area (Å²) in [7, 11) is 0. The van der Waals surface area contributed by atoms with Crippen LogP contribution in [-0.2, 0) is 6.54 Å². The third-order valence-electron chi connectivity index (χ3n) is 6.06. The average Bonchev–Trinajstić information content (AvgIpc) is 3.39. The van der Waals surface area contributed by atoms with Crippen LogP contribution in [0, 0.1) is 20.8 Å². The second kappa shape index (κ2) is 8.03. The highest BCUT2D eigenvalue weighted by Gasteiger charge is 2.20. The molecule has 168 valence electrons. The van der Waals surface area contributed by atoms with Crippen LogP contribution < -0.4 is 5.56 Å². The van der Waals surface area contributed by atoms with Crippen LogP contribution in [0.4, 0.5) is 0 Å². The summed E-state index contributed by atoms with van der Waals surface area (Å²) in [6.07, 6.45) is 1.59. The molecule has 0 radical (unpaired) electrons. The minimum absolute atomic E-state index is 0.0821. The van der Waals surface area contributed by atoms with E-state index in [4.69, 9.17) is 0 Å². The number of thiophene rings is 1. The summed E-state index contributed by atoms with van der Waals surface area (Å²) in [4.78, 5) is 24.7. The van der Waals surface area contributed by atoms with Crippen molar-refractivity contribution in [1.82, 2.24) is 29.1 Å². The SMILES string of the molecule is Cc1ccc(Cn2c(=O)c3ccccc3n3c(Sc4ncnc5sc(C)c(C)c45)nnc23)cc1. The molecule has 0 saturated carbocycles. The van der Waals surface area contributed by atoms with Crippen molar-refractivity contribution in [3.05, 3.63) is 86.8 Å². The van der Waals surface area contributed by atoms with Crippen molar-refractivity contribution < 1.29 is 0 Å². The Labute approximate surface area is 203 Å². The van der Waals surface area contributed by atoms with Crippen molar-refractivity contribution in [2.45, 2.75) is 37.5 Å². The molecule has 0 saturated heterocycles. The number of benzene rings is 2. The molecule has 0 atom stereocenters. The van der Waals surface area contributed by atoms with Gasteiger partial charge in [0, 0.05) is 10.3 Å². The van der Waals surface area contributed by atoms with Gasteiger partial charge in [-0.2, -0.15) is 0 Å². The summed E-state index contributed by atoms with van der Waals surface area (Å²) in [6.45, 7) is 6.65. The lowest BCUT2D eigenvalue weighted by Gasteiger charge is -2.11. The lowest BCUT2D eigenvalue weighted by atomic mass is 10.1. The first-order valence-corrected chi connectivity index (χ1v) is 12.5. The first kappa shape index (κ1) is 21.0. The van der Waals surface area contributed by atoms with Gasteiger partial charge in [0.25, 0.3) is 5.56 Å². The molecule has 0 amide bonds. The highest BCUT2D eigenvalue weighted by molar-refractivity contribution is 7.99.